The van der Waals surface area contributed by atoms with E-state index in [1.54, 1.807) is 6.92 Å². The van der Waals surface area contributed by atoms with Crippen LogP contribution < -0.4 is 10.9 Å². The van der Waals surface area contributed by atoms with Gasteiger partial charge in [-0.1, -0.05) is 6.92 Å². The number of carbonyl (C=O) groups excluding carboxylic acids is 1. The Hall–Kier alpha value is -2.13. The van der Waals surface area contributed by atoms with Gasteiger partial charge in [-0.25, -0.2) is 13.8 Å². The van der Waals surface area contributed by atoms with Gasteiger partial charge in [0, 0.05) is 17.1 Å². The number of halogens is 3. The number of hydrogen-bond acceptors (Lipinski definition) is 4. The molecule has 0 unspecified atom stereocenters. The molecule has 0 aliphatic rings. The van der Waals surface area contributed by atoms with Crippen molar-refractivity contribution >= 4 is 49.1 Å². The molecule has 0 radical (unpaired) electrons. The van der Waals surface area contributed by atoms with Crippen molar-refractivity contribution in [1.29, 1.82) is 0 Å². The molecule has 3 aromatic rings. The van der Waals surface area contributed by atoms with E-state index < -0.39 is 17.5 Å². The number of aryl methyl sites for hydroxylation is 2. The number of fused-ring (bicyclic) bond motifs is 1. The zero-order valence-corrected chi connectivity index (χ0v) is 16.3. The third kappa shape index (κ3) is 3.28. The number of thiophene rings is 1. The molecule has 26 heavy (non-hydrogen) atoms. The lowest BCUT2D eigenvalue weighted by Gasteiger charge is -2.08. The van der Waals surface area contributed by atoms with Crippen molar-refractivity contribution in [1.82, 2.24) is 9.55 Å². The SMILES string of the molecule is CCCn1cnc2sc(C(=O)Nc3c(F)cc(F)cc3Br)c(C)c2c1=O. The molecule has 2 heterocycles. The summed E-state index contributed by atoms with van der Waals surface area (Å²) in [6, 6.07) is 1.74. The lowest BCUT2D eigenvalue weighted by molar-refractivity contribution is 0.102. The van der Waals surface area contributed by atoms with Gasteiger partial charge in [-0.05, 0) is 40.9 Å². The summed E-state index contributed by atoms with van der Waals surface area (Å²) < 4.78 is 28.7. The van der Waals surface area contributed by atoms with Gasteiger partial charge in [0.25, 0.3) is 11.5 Å². The minimum atomic E-state index is -0.896. The molecule has 1 aromatic carbocycles. The molecule has 0 saturated heterocycles. The molecule has 2 aromatic heterocycles. The Kier molecular flexibility index (Phi) is 5.19. The van der Waals surface area contributed by atoms with Crippen molar-refractivity contribution in [2.75, 3.05) is 5.32 Å². The normalized spacial score (nSPS) is 11.1. The Labute approximate surface area is 159 Å². The largest absolute Gasteiger partial charge is 0.318 e. The molecule has 1 N–H and O–H groups in total. The summed E-state index contributed by atoms with van der Waals surface area (Å²) >= 11 is 4.09. The number of benzene rings is 1. The maximum absolute atomic E-state index is 13.9. The second-order valence-electron chi connectivity index (χ2n) is 5.68. The number of carbonyl (C=O) groups is 1. The fourth-order valence-electron chi connectivity index (χ4n) is 2.61. The fraction of sp³-hybridized carbons (Fsp3) is 0.235. The molecule has 0 fully saturated rings. The summed E-state index contributed by atoms with van der Waals surface area (Å²) in [7, 11) is 0. The highest BCUT2D eigenvalue weighted by atomic mass is 79.9. The highest BCUT2D eigenvalue weighted by Crippen LogP contribution is 2.31. The number of anilines is 1. The van der Waals surface area contributed by atoms with Crippen LogP contribution in [0.2, 0.25) is 0 Å². The first-order valence-corrected chi connectivity index (χ1v) is 9.38. The molecule has 3 rings (SSSR count). The van der Waals surface area contributed by atoms with Crippen LogP contribution in [-0.4, -0.2) is 15.5 Å². The third-order valence-electron chi connectivity index (χ3n) is 3.83. The van der Waals surface area contributed by atoms with Gasteiger partial charge >= 0.3 is 0 Å². The summed E-state index contributed by atoms with van der Waals surface area (Å²) in [4.78, 5) is 30.1. The zero-order valence-electron chi connectivity index (χ0n) is 13.9. The Morgan fingerprint density at radius 2 is 2.12 bits per heavy atom. The number of nitrogens with zero attached hydrogens (tertiary/aromatic N) is 2. The van der Waals surface area contributed by atoms with Gasteiger partial charge in [0.2, 0.25) is 0 Å². The van der Waals surface area contributed by atoms with Crippen LogP contribution in [0, 0.1) is 18.6 Å². The van der Waals surface area contributed by atoms with Crippen molar-refractivity contribution in [2.45, 2.75) is 26.8 Å². The molecular formula is C17H14BrF2N3O2S. The van der Waals surface area contributed by atoms with Crippen molar-refractivity contribution < 1.29 is 13.6 Å². The van der Waals surface area contributed by atoms with E-state index in [2.05, 4.69) is 26.2 Å². The summed E-state index contributed by atoms with van der Waals surface area (Å²) in [6.07, 6.45) is 2.24. The Balaban J connectivity index is 2.03. The first kappa shape index (κ1) is 18.7. The van der Waals surface area contributed by atoms with E-state index in [0.717, 1.165) is 23.8 Å². The van der Waals surface area contributed by atoms with Crippen molar-refractivity contribution in [2.24, 2.45) is 0 Å². The van der Waals surface area contributed by atoms with Crippen LogP contribution in [0.4, 0.5) is 14.5 Å². The van der Waals surface area contributed by atoms with Crippen molar-refractivity contribution in [3.05, 3.63) is 55.4 Å². The van der Waals surface area contributed by atoms with Crippen LogP contribution in [0.1, 0.15) is 28.6 Å². The van der Waals surface area contributed by atoms with E-state index in [0.29, 0.717) is 28.4 Å². The molecule has 0 bridgehead atoms. The van der Waals surface area contributed by atoms with E-state index in [-0.39, 0.29) is 20.6 Å². The van der Waals surface area contributed by atoms with Gasteiger partial charge < -0.3 is 5.32 Å². The minimum Gasteiger partial charge on any atom is -0.318 e. The third-order valence-corrected chi connectivity index (χ3v) is 5.66. The average molecular weight is 442 g/mol. The van der Waals surface area contributed by atoms with E-state index in [4.69, 9.17) is 0 Å². The minimum absolute atomic E-state index is 0.0885. The second kappa shape index (κ2) is 7.24. The van der Waals surface area contributed by atoms with Crippen molar-refractivity contribution in [3.8, 4) is 0 Å². The fourth-order valence-corrected chi connectivity index (χ4v) is 4.15. The van der Waals surface area contributed by atoms with Crippen LogP contribution in [0.25, 0.3) is 10.2 Å². The first-order valence-electron chi connectivity index (χ1n) is 7.78. The molecule has 0 aliphatic carbocycles. The molecule has 0 atom stereocenters. The summed E-state index contributed by atoms with van der Waals surface area (Å²) in [5.41, 5.74) is 0.118. The molecule has 1 amide bonds. The van der Waals surface area contributed by atoms with Crippen LogP contribution in [0.3, 0.4) is 0 Å². The van der Waals surface area contributed by atoms with E-state index in [9.17, 15) is 18.4 Å². The Morgan fingerprint density at radius 1 is 1.38 bits per heavy atom. The van der Waals surface area contributed by atoms with Crippen LogP contribution in [0.5, 0.6) is 0 Å². The van der Waals surface area contributed by atoms with Crippen LogP contribution in [0.15, 0.2) is 27.7 Å². The monoisotopic (exact) mass is 441 g/mol. The molecule has 0 spiro atoms. The second-order valence-corrected chi connectivity index (χ2v) is 7.53. The summed E-state index contributed by atoms with van der Waals surface area (Å²) in [5, 5.41) is 2.81. The van der Waals surface area contributed by atoms with E-state index >= 15 is 0 Å². The summed E-state index contributed by atoms with van der Waals surface area (Å²) in [5.74, 6) is -2.24. The van der Waals surface area contributed by atoms with Crippen molar-refractivity contribution in [3.63, 3.8) is 0 Å². The molecular weight excluding hydrogens is 428 g/mol. The van der Waals surface area contributed by atoms with Gasteiger partial charge in [0.05, 0.1) is 22.3 Å². The highest BCUT2D eigenvalue weighted by molar-refractivity contribution is 9.10. The Bertz CT molecular complexity index is 1050. The zero-order chi connectivity index (χ0) is 19.0. The number of nitrogens with one attached hydrogen (secondary N) is 1. The number of aromatic nitrogens is 2. The number of hydrogen-bond donors (Lipinski definition) is 1. The van der Waals surface area contributed by atoms with Gasteiger partial charge in [0.1, 0.15) is 10.6 Å². The first-order chi connectivity index (χ1) is 12.3. The van der Waals surface area contributed by atoms with Gasteiger partial charge in [0.15, 0.2) is 5.82 Å². The predicted octanol–water partition coefficient (Wildman–Crippen LogP) is 4.47. The maximum Gasteiger partial charge on any atom is 0.266 e. The predicted molar refractivity (Wildman–Crippen MR) is 101 cm³/mol. The number of amides is 1. The molecule has 0 saturated carbocycles. The van der Waals surface area contributed by atoms with Gasteiger partial charge in [-0.2, -0.15) is 0 Å². The van der Waals surface area contributed by atoms with E-state index in [1.165, 1.54) is 10.9 Å². The average Bonchev–Trinajstić information content (AvgIpc) is 2.91. The van der Waals surface area contributed by atoms with E-state index in [1.807, 2.05) is 6.92 Å². The standard InChI is InChI=1S/C17H14BrF2N3O2S/c1-3-4-23-7-21-16-12(17(23)25)8(2)14(26-16)15(24)22-13-10(18)5-9(19)6-11(13)20/h5-7H,3-4H2,1-2H3,(H,22,24). The Morgan fingerprint density at radius 3 is 2.77 bits per heavy atom. The number of rotatable bonds is 4. The molecule has 136 valence electrons. The molecule has 0 aliphatic heterocycles. The van der Waals surface area contributed by atoms with Gasteiger partial charge in [-0.15, -0.1) is 11.3 Å². The topological polar surface area (TPSA) is 64.0 Å². The smallest absolute Gasteiger partial charge is 0.266 e. The lowest BCUT2D eigenvalue weighted by Crippen LogP contribution is -2.20. The maximum atomic E-state index is 13.9. The van der Waals surface area contributed by atoms with Crippen LogP contribution >= 0.6 is 27.3 Å². The quantitative estimate of drug-likeness (QED) is 0.649. The molecule has 5 nitrogen and oxygen atoms in total. The van der Waals surface area contributed by atoms with Gasteiger partial charge in [-0.3, -0.25) is 14.2 Å². The lowest BCUT2D eigenvalue weighted by atomic mass is 10.2. The highest BCUT2D eigenvalue weighted by Gasteiger charge is 2.21. The summed E-state index contributed by atoms with van der Waals surface area (Å²) in [6.45, 7) is 4.14. The van der Waals surface area contributed by atoms with Crippen LogP contribution in [-0.2, 0) is 6.54 Å². The molecule has 9 heteroatoms.